The fourth-order valence-electron chi connectivity index (χ4n) is 2.76. The van der Waals surface area contributed by atoms with Crippen molar-refractivity contribution in [3.63, 3.8) is 0 Å². The lowest BCUT2D eigenvalue weighted by Crippen LogP contribution is -1.98. The highest BCUT2D eigenvalue weighted by Crippen LogP contribution is 2.26. The third kappa shape index (κ3) is 2.25. The normalized spacial score (nSPS) is 11.3. The third-order valence-electron chi connectivity index (χ3n) is 4.38. The summed E-state index contributed by atoms with van der Waals surface area (Å²) in [6, 6.07) is 14.5. The molecule has 0 unspecified atom stereocenters. The number of rotatable bonds is 2. The van der Waals surface area contributed by atoms with Crippen LogP contribution in [0, 0.1) is 20.8 Å². The summed E-state index contributed by atoms with van der Waals surface area (Å²) < 4.78 is 1.44. The minimum atomic E-state index is 0.116. The number of hydrogen-bond acceptors (Lipinski definition) is 3. The van der Waals surface area contributed by atoms with Gasteiger partial charge < -0.3 is 10.1 Å². The SMILES string of the molecule is Cc1ccc(-c2ccc3[nH]c(-n4nc(C)c(C)c4O)nc3c2)cc1. The van der Waals surface area contributed by atoms with Gasteiger partial charge in [0.05, 0.1) is 16.7 Å². The first-order valence-corrected chi connectivity index (χ1v) is 7.85. The number of benzene rings is 2. The topological polar surface area (TPSA) is 66.7 Å². The highest BCUT2D eigenvalue weighted by atomic mass is 16.3. The van der Waals surface area contributed by atoms with Crippen LogP contribution in [0.3, 0.4) is 0 Å². The molecule has 5 heteroatoms. The molecule has 24 heavy (non-hydrogen) atoms. The molecule has 0 spiro atoms. The molecule has 0 aliphatic heterocycles. The number of aryl methyl sites for hydroxylation is 2. The van der Waals surface area contributed by atoms with Crippen molar-refractivity contribution >= 4 is 11.0 Å². The molecule has 2 aromatic carbocycles. The van der Waals surface area contributed by atoms with Crippen molar-refractivity contribution in [1.82, 2.24) is 19.7 Å². The molecule has 0 bridgehead atoms. The van der Waals surface area contributed by atoms with E-state index in [2.05, 4.69) is 52.3 Å². The van der Waals surface area contributed by atoms with Gasteiger partial charge in [-0.2, -0.15) is 9.78 Å². The monoisotopic (exact) mass is 318 g/mol. The first-order chi connectivity index (χ1) is 11.5. The minimum absolute atomic E-state index is 0.116. The Bertz CT molecular complexity index is 1040. The van der Waals surface area contributed by atoms with E-state index in [1.54, 1.807) is 0 Å². The lowest BCUT2D eigenvalue weighted by Gasteiger charge is -2.01. The molecule has 0 fully saturated rings. The molecule has 0 saturated heterocycles. The van der Waals surface area contributed by atoms with Gasteiger partial charge in [-0.3, -0.25) is 0 Å². The molecular formula is C19H18N4O. The molecule has 120 valence electrons. The van der Waals surface area contributed by atoms with Crippen molar-refractivity contribution < 1.29 is 5.11 Å². The Labute approximate surface area is 139 Å². The number of H-pyrrole nitrogens is 1. The van der Waals surface area contributed by atoms with Gasteiger partial charge >= 0.3 is 0 Å². The molecule has 2 heterocycles. The smallest absolute Gasteiger partial charge is 0.232 e. The van der Waals surface area contributed by atoms with Crippen LogP contribution in [0.25, 0.3) is 28.1 Å². The van der Waals surface area contributed by atoms with E-state index in [1.807, 2.05) is 26.0 Å². The third-order valence-corrected chi connectivity index (χ3v) is 4.38. The number of fused-ring (bicyclic) bond motifs is 1. The zero-order chi connectivity index (χ0) is 16.8. The molecule has 5 nitrogen and oxygen atoms in total. The van der Waals surface area contributed by atoms with E-state index in [0.717, 1.165) is 33.4 Å². The molecule has 0 aliphatic carbocycles. The summed E-state index contributed by atoms with van der Waals surface area (Å²) in [5.41, 5.74) is 6.79. The Kier molecular flexibility index (Phi) is 3.16. The van der Waals surface area contributed by atoms with Gasteiger partial charge in [0.15, 0.2) is 0 Å². The Balaban J connectivity index is 1.81. The van der Waals surface area contributed by atoms with Crippen molar-refractivity contribution in [3.8, 4) is 23.0 Å². The van der Waals surface area contributed by atoms with Crippen LogP contribution < -0.4 is 0 Å². The zero-order valence-electron chi connectivity index (χ0n) is 13.8. The molecule has 0 amide bonds. The average molecular weight is 318 g/mol. The van der Waals surface area contributed by atoms with Gasteiger partial charge in [0.25, 0.3) is 0 Å². The van der Waals surface area contributed by atoms with E-state index in [0.29, 0.717) is 5.95 Å². The number of nitrogens with one attached hydrogen (secondary N) is 1. The van der Waals surface area contributed by atoms with E-state index in [1.165, 1.54) is 10.2 Å². The summed E-state index contributed by atoms with van der Waals surface area (Å²) in [4.78, 5) is 7.80. The van der Waals surface area contributed by atoms with Gasteiger partial charge in [0.2, 0.25) is 11.8 Å². The second-order valence-corrected chi connectivity index (χ2v) is 6.10. The number of aromatic hydroxyl groups is 1. The quantitative estimate of drug-likeness (QED) is 0.586. The van der Waals surface area contributed by atoms with E-state index >= 15 is 0 Å². The van der Waals surface area contributed by atoms with Gasteiger partial charge in [-0.1, -0.05) is 35.9 Å². The first-order valence-electron chi connectivity index (χ1n) is 7.85. The van der Waals surface area contributed by atoms with E-state index in [-0.39, 0.29) is 5.88 Å². The van der Waals surface area contributed by atoms with Crippen molar-refractivity contribution in [1.29, 1.82) is 0 Å². The molecule has 4 rings (SSSR count). The van der Waals surface area contributed by atoms with Crippen LogP contribution in [0.4, 0.5) is 0 Å². The molecular weight excluding hydrogens is 300 g/mol. The van der Waals surface area contributed by atoms with Crippen LogP contribution in [-0.4, -0.2) is 24.9 Å². The summed E-state index contributed by atoms with van der Waals surface area (Å²) in [6.45, 7) is 5.78. The number of nitrogens with zero attached hydrogens (tertiary/aromatic N) is 3. The fraction of sp³-hybridized carbons (Fsp3) is 0.158. The number of aromatic amines is 1. The zero-order valence-corrected chi connectivity index (χ0v) is 13.8. The second-order valence-electron chi connectivity index (χ2n) is 6.10. The lowest BCUT2D eigenvalue weighted by atomic mass is 10.0. The summed E-state index contributed by atoms with van der Waals surface area (Å²) in [6.07, 6.45) is 0. The summed E-state index contributed by atoms with van der Waals surface area (Å²) in [5, 5.41) is 14.5. The standard InChI is InChI=1S/C19H18N4O/c1-11-4-6-14(7-5-11)15-8-9-16-17(10-15)21-19(20-16)23-18(24)12(2)13(3)22-23/h4-10,24H,1-3H3,(H,20,21). The maximum Gasteiger partial charge on any atom is 0.232 e. The van der Waals surface area contributed by atoms with Gasteiger partial charge in [0, 0.05) is 5.56 Å². The van der Waals surface area contributed by atoms with Crippen LogP contribution >= 0.6 is 0 Å². The van der Waals surface area contributed by atoms with Crippen LogP contribution in [0.15, 0.2) is 42.5 Å². The van der Waals surface area contributed by atoms with Gasteiger partial charge in [-0.15, -0.1) is 0 Å². The highest BCUT2D eigenvalue weighted by Gasteiger charge is 2.15. The number of imidazole rings is 1. The van der Waals surface area contributed by atoms with Gasteiger partial charge in [-0.05, 0) is 44.0 Å². The van der Waals surface area contributed by atoms with Crippen molar-refractivity contribution in [2.24, 2.45) is 0 Å². The largest absolute Gasteiger partial charge is 0.493 e. The fourth-order valence-corrected chi connectivity index (χ4v) is 2.76. The Morgan fingerprint density at radius 3 is 2.33 bits per heavy atom. The first kappa shape index (κ1) is 14.5. The molecule has 0 saturated carbocycles. The maximum absolute atomic E-state index is 10.2. The van der Waals surface area contributed by atoms with Crippen LogP contribution in [-0.2, 0) is 0 Å². The molecule has 0 radical (unpaired) electrons. The van der Waals surface area contributed by atoms with Crippen LogP contribution in [0.2, 0.25) is 0 Å². The summed E-state index contributed by atoms with van der Waals surface area (Å²) >= 11 is 0. The van der Waals surface area contributed by atoms with E-state index in [9.17, 15) is 5.11 Å². The molecule has 0 aliphatic rings. The van der Waals surface area contributed by atoms with E-state index in [4.69, 9.17) is 0 Å². The predicted octanol–water partition coefficient (Wildman–Crippen LogP) is 4.05. The second kappa shape index (κ2) is 5.23. The molecule has 2 aromatic heterocycles. The Morgan fingerprint density at radius 1 is 0.958 bits per heavy atom. The Hall–Kier alpha value is -3.08. The number of aromatic nitrogens is 4. The Morgan fingerprint density at radius 2 is 1.67 bits per heavy atom. The number of hydrogen-bond donors (Lipinski definition) is 2. The van der Waals surface area contributed by atoms with Crippen molar-refractivity contribution in [2.75, 3.05) is 0 Å². The average Bonchev–Trinajstić information content (AvgIpc) is 3.11. The van der Waals surface area contributed by atoms with E-state index < -0.39 is 0 Å². The van der Waals surface area contributed by atoms with Crippen molar-refractivity contribution in [2.45, 2.75) is 20.8 Å². The minimum Gasteiger partial charge on any atom is -0.493 e. The highest BCUT2D eigenvalue weighted by molar-refractivity contribution is 5.82. The molecule has 0 atom stereocenters. The molecule has 4 aromatic rings. The lowest BCUT2D eigenvalue weighted by molar-refractivity contribution is 0.427. The molecule has 2 N–H and O–H groups in total. The van der Waals surface area contributed by atoms with Gasteiger partial charge in [-0.25, -0.2) is 4.98 Å². The summed E-state index contributed by atoms with van der Waals surface area (Å²) in [5.74, 6) is 0.630. The predicted molar refractivity (Wildman–Crippen MR) is 94.5 cm³/mol. The van der Waals surface area contributed by atoms with Crippen molar-refractivity contribution in [3.05, 3.63) is 59.3 Å². The maximum atomic E-state index is 10.2. The summed E-state index contributed by atoms with van der Waals surface area (Å²) in [7, 11) is 0. The van der Waals surface area contributed by atoms with Gasteiger partial charge in [0.1, 0.15) is 0 Å². The van der Waals surface area contributed by atoms with Crippen LogP contribution in [0.5, 0.6) is 5.88 Å². The van der Waals surface area contributed by atoms with Crippen LogP contribution in [0.1, 0.15) is 16.8 Å².